The number of aryl methyl sites for hydroxylation is 1. The maximum atomic E-state index is 11.0. The number of thioether (sulfide) groups is 1. The van der Waals surface area contributed by atoms with E-state index in [9.17, 15) is 4.79 Å². The summed E-state index contributed by atoms with van der Waals surface area (Å²) in [5, 5.41) is 2.59. The molecule has 0 spiro atoms. The second-order valence-electron chi connectivity index (χ2n) is 3.89. The number of nitrogens with one attached hydrogen (secondary N) is 1. The minimum Gasteiger partial charge on any atom is -0.358 e. The lowest BCUT2D eigenvalue weighted by Gasteiger charge is -2.11. The summed E-state index contributed by atoms with van der Waals surface area (Å²) in [6.45, 7) is 2.13. The van der Waals surface area contributed by atoms with Gasteiger partial charge in [0.05, 0.1) is 5.75 Å². The van der Waals surface area contributed by atoms with E-state index in [-0.39, 0.29) is 11.9 Å². The van der Waals surface area contributed by atoms with Gasteiger partial charge in [-0.25, -0.2) is 0 Å². The van der Waals surface area contributed by atoms with E-state index in [1.807, 2.05) is 0 Å². The summed E-state index contributed by atoms with van der Waals surface area (Å²) in [5.74, 6) is 1.28. The Kier molecular flexibility index (Phi) is 6.08. The molecule has 4 heteroatoms. The molecular formula is C13H20N2OS. The predicted octanol–water partition coefficient (Wildman–Crippen LogP) is 1.73. The van der Waals surface area contributed by atoms with E-state index in [0.717, 1.165) is 17.7 Å². The second-order valence-corrected chi connectivity index (χ2v) is 4.92. The molecule has 0 aliphatic carbocycles. The van der Waals surface area contributed by atoms with Crippen molar-refractivity contribution in [3.05, 3.63) is 35.4 Å². The number of carbonyl (C=O) groups excluding carboxylic acids is 1. The molecule has 1 aromatic carbocycles. The molecule has 0 heterocycles. The molecule has 3 N–H and O–H groups in total. The number of amides is 1. The van der Waals surface area contributed by atoms with Gasteiger partial charge in [0, 0.05) is 18.8 Å². The SMILES string of the molecule is CCc1ccc(C(N)CSCC(=O)NC)cc1. The number of hydrogen-bond donors (Lipinski definition) is 2. The van der Waals surface area contributed by atoms with E-state index < -0.39 is 0 Å². The lowest BCUT2D eigenvalue weighted by molar-refractivity contribution is -0.118. The summed E-state index contributed by atoms with van der Waals surface area (Å²) in [7, 11) is 1.65. The first-order chi connectivity index (χ1) is 8.17. The van der Waals surface area contributed by atoms with Crippen LogP contribution in [0.1, 0.15) is 24.1 Å². The minimum absolute atomic E-state index is 0.00411. The molecule has 1 amide bonds. The summed E-state index contributed by atoms with van der Waals surface area (Å²) >= 11 is 1.56. The summed E-state index contributed by atoms with van der Waals surface area (Å²) in [6.07, 6.45) is 1.04. The second kappa shape index (κ2) is 7.35. The Morgan fingerprint density at radius 1 is 1.41 bits per heavy atom. The predicted molar refractivity (Wildman–Crippen MR) is 74.1 cm³/mol. The smallest absolute Gasteiger partial charge is 0.229 e. The molecule has 1 aromatic rings. The third-order valence-electron chi connectivity index (χ3n) is 2.63. The van der Waals surface area contributed by atoms with Gasteiger partial charge in [-0.3, -0.25) is 4.79 Å². The van der Waals surface area contributed by atoms with Crippen LogP contribution in [0, 0.1) is 0 Å². The van der Waals surface area contributed by atoms with Gasteiger partial charge in [-0.15, -0.1) is 0 Å². The Balaban J connectivity index is 2.40. The zero-order valence-electron chi connectivity index (χ0n) is 10.4. The lowest BCUT2D eigenvalue weighted by atomic mass is 10.1. The summed E-state index contributed by atoms with van der Waals surface area (Å²) in [6, 6.07) is 8.36. The van der Waals surface area contributed by atoms with Crippen molar-refractivity contribution in [2.24, 2.45) is 5.73 Å². The van der Waals surface area contributed by atoms with Crippen LogP contribution >= 0.6 is 11.8 Å². The average Bonchev–Trinajstić information content (AvgIpc) is 2.38. The van der Waals surface area contributed by atoms with Crippen LogP contribution in [0.3, 0.4) is 0 Å². The number of nitrogens with two attached hydrogens (primary N) is 1. The molecule has 0 aromatic heterocycles. The topological polar surface area (TPSA) is 55.1 Å². The molecule has 1 atom stereocenters. The lowest BCUT2D eigenvalue weighted by Crippen LogP contribution is -2.21. The largest absolute Gasteiger partial charge is 0.358 e. The van der Waals surface area contributed by atoms with Gasteiger partial charge in [0.2, 0.25) is 5.91 Å². The van der Waals surface area contributed by atoms with E-state index >= 15 is 0 Å². The highest BCUT2D eigenvalue weighted by molar-refractivity contribution is 7.99. The number of benzene rings is 1. The Hall–Kier alpha value is -1.00. The molecule has 0 saturated carbocycles. The summed E-state index contributed by atoms with van der Waals surface area (Å²) in [4.78, 5) is 11.0. The molecule has 0 aliphatic rings. The summed E-state index contributed by atoms with van der Waals surface area (Å²) in [5.41, 5.74) is 8.51. The molecule has 94 valence electrons. The molecule has 0 bridgehead atoms. The first-order valence-corrected chi connectivity index (χ1v) is 6.95. The van der Waals surface area contributed by atoms with Gasteiger partial charge < -0.3 is 11.1 Å². The van der Waals surface area contributed by atoms with E-state index in [4.69, 9.17) is 5.73 Å². The van der Waals surface area contributed by atoms with Gasteiger partial charge in [0.25, 0.3) is 0 Å². The van der Waals surface area contributed by atoms with Crippen LogP contribution in [-0.2, 0) is 11.2 Å². The standard InChI is InChI=1S/C13H20N2OS/c1-3-10-4-6-11(7-5-10)12(14)8-17-9-13(16)15-2/h4-7,12H,3,8-9,14H2,1-2H3,(H,15,16). The van der Waals surface area contributed by atoms with Crippen LogP contribution in [-0.4, -0.2) is 24.5 Å². The fourth-order valence-corrected chi connectivity index (χ4v) is 2.34. The molecular weight excluding hydrogens is 232 g/mol. The number of hydrogen-bond acceptors (Lipinski definition) is 3. The van der Waals surface area contributed by atoms with Crippen molar-refractivity contribution in [3.63, 3.8) is 0 Å². The molecule has 1 rings (SSSR count). The molecule has 0 saturated heterocycles. The molecule has 0 aliphatic heterocycles. The van der Waals surface area contributed by atoms with E-state index in [0.29, 0.717) is 5.75 Å². The molecule has 17 heavy (non-hydrogen) atoms. The van der Waals surface area contributed by atoms with Crippen molar-refractivity contribution in [1.29, 1.82) is 0 Å². The van der Waals surface area contributed by atoms with Gasteiger partial charge in [-0.05, 0) is 17.5 Å². The van der Waals surface area contributed by atoms with Crippen molar-refractivity contribution in [2.45, 2.75) is 19.4 Å². The van der Waals surface area contributed by atoms with Gasteiger partial charge in [0.1, 0.15) is 0 Å². The highest BCUT2D eigenvalue weighted by Crippen LogP contribution is 2.16. The maximum absolute atomic E-state index is 11.0. The summed E-state index contributed by atoms with van der Waals surface area (Å²) < 4.78 is 0. The third kappa shape index (κ3) is 4.79. The Morgan fingerprint density at radius 3 is 2.59 bits per heavy atom. The monoisotopic (exact) mass is 252 g/mol. The quantitative estimate of drug-likeness (QED) is 0.810. The Morgan fingerprint density at radius 2 is 2.06 bits per heavy atom. The van der Waals surface area contributed by atoms with Crippen molar-refractivity contribution in [3.8, 4) is 0 Å². The Bertz CT molecular complexity index is 351. The fraction of sp³-hybridized carbons (Fsp3) is 0.462. The number of carbonyl (C=O) groups is 1. The van der Waals surface area contributed by atoms with Gasteiger partial charge in [-0.2, -0.15) is 11.8 Å². The Labute approximate surface area is 107 Å². The van der Waals surface area contributed by atoms with E-state index in [2.05, 4.69) is 36.5 Å². The first kappa shape index (κ1) is 14.1. The fourth-order valence-electron chi connectivity index (χ4n) is 1.45. The normalized spacial score (nSPS) is 12.2. The highest BCUT2D eigenvalue weighted by atomic mass is 32.2. The van der Waals surface area contributed by atoms with Crippen molar-refractivity contribution >= 4 is 17.7 Å². The van der Waals surface area contributed by atoms with Crippen molar-refractivity contribution < 1.29 is 4.79 Å². The van der Waals surface area contributed by atoms with Gasteiger partial charge in [-0.1, -0.05) is 31.2 Å². The molecule has 0 fully saturated rings. The zero-order chi connectivity index (χ0) is 12.7. The highest BCUT2D eigenvalue weighted by Gasteiger charge is 2.07. The maximum Gasteiger partial charge on any atom is 0.229 e. The molecule has 0 radical (unpaired) electrons. The van der Waals surface area contributed by atoms with Crippen LogP contribution in [0.2, 0.25) is 0 Å². The van der Waals surface area contributed by atoms with Crippen LogP contribution in [0.25, 0.3) is 0 Å². The molecule has 1 unspecified atom stereocenters. The van der Waals surface area contributed by atoms with Crippen LogP contribution in [0.5, 0.6) is 0 Å². The zero-order valence-corrected chi connectivity index (χ0v) is 11.2. The first-order valence-electron chi connectivity index (χ1n) is 5.80. The average molecular weight is 252 g/mol. The molecule has 3 nitrogen and oxygen atoms in total. The van der Waals surface area contributed by atoms with Crippen LogP contribution in [0.15, 0.2) is 24.3 Å². The van der Waals surface area contributed by atoms with Crippen molar-refractivity contribution in [1.82, 2.24) is 5.32 Å². The minimum atomic E-state index is -0.00411. The van der Waals surface area contributed by atoms with Gasteiger partial charge >= 0.3 is 0 Å². The van der Waals surface area contributed by atoms with E-state index in [1.54, 1.807) is 18.8 Å². The number of rotatable bonds is 6. The third-order valence-corrected chi connectivity index (χ3v) is 3.69. The van der Waals surface area contributed by atoms with Crippen molar-refractivity contribution in [2.75, 3.05) is 18.6 Å². The van der Waals surface area contributed by atoms with Gasteiger partial charge in [0.15, 0.2) is 0 Å². The van der Waals surface area contributed by atoms with Crippen LogP contribution < -0.4 is 11.1 Å². The van der Waals surface area contributed by atoms with Crippen LogP contribution in [0.4, 0.5) is 0 Å². The van der Waals surface area contributed by atoms with E-state index in [1.165, 1.54) is 5.56 Å².